The lowest BCUT2D eigenvalue weighted by atomic mass is 10.2. The zero-order chi connectivity index (χ0) is 15.1. The Morgan fingerprint density at radius 1 is 1.30 bits per heavy atom. The fourth-order valence-corrected chi connectivity index (χ4v) is 1.65. The summed E-state index contributed by atoms with van der Waals surface area (Å²) in [6.07, 6.45) is -0.111. The van der Waals surface area contributed by atoms with Crippen molar-refractivity contribution in [1.82, 2.24) is 0 Å². The Hall–Kier alpha value is -2.11. The molecule has 6 heteroatoms. The van der Waals surface area contributed by atoms with Gasteiger partial charge in [-0.2, -0.15) is 0 Å². The molecule has 1 aromatic carbocycles. The van der Waals surface area contributed by atoms with E-state index in [1.807, 2.05) is 0 Å². The van der Waals surface area contributed by atoms with Gasteiger partial charge in [0.2, 0.25) is 5.91 Å². The van der Waals surface area contributed by atoms with Crippen molar-refractivity contribution >= 4 is 17.6 Å². The number of carbonyl (C=O) groups is 2. The van der Waals surface area contributed by atoms with Gasteiger partial charge in [-0.1, -0.05) is 0 Å². The second-order valence-electron chi connectivity index (χ2n) is 4.65. The average molecular weight is 282 g/mol. The van der Waals surface area contributed by atoms with Crippen LogP contribution in [-0.2, 0) is 14.3 Å². The van der Waals surface area contributed by atoms with Crippen LogP contribution in [-0.4, -0.2) is 31.1 Å². The standard InChI is InChI=1S/C14H19FN2O3/c1-10(2)20-14(19)9-17(8-7-13(16)18)12-5-3-11(15)4-6-12/h3-6,10H,7-9H2,1-2H3,(H2,16,18). The summed E-state index contributed by atoms with van der Waals surface area (Å²) in [5.74, 6) is -1.24. The predicted molar refractivity (Wildman–Crippen MR) is 73.7 cm³/mol. The van der Waals surface area contributed by atoms with E-state index in [-0.39, 0.29) is 31.4 Å². The lowest BCUT2D eigenvalue weighted by Crippen LogP contribution is -2.34. The molecule has 0 heterocycles. The van der Waals surface area contributed by atoms with Crippen LogP contribution in [0.4, 0.5) is 10.1 Å². The number of hydrogen-bond donors (Lipinski definition) is 1. The molecular weight excluding hydrogens is 263 g/mol. The highest BCUT2D eigenvalue weighted by Crippen LogP contribution is 2.15. The maximum absolute atomic E-state index is 12.9. The largest absolute Gasteiger partial charge is 0.462 e. The first-order chi connectivity index (χ1) is 9.38. The summed E-state index contributed by atoms with van der Waals surface area (Å²) in [5.41, 5.74) is 5.75. The lowest BCUT2D eigenvalue weighted by molar-refractivity contribution is -0.145. The average Bonchev–Trinajstić information content (AvgIpc) is 2.34. The molecule has 0 aliphatic rings. The van der Waals surface area contributed by atoms with Gasteiger partial charge in [-0.25, -0.2) is 4.39 Å². The van der Waals surface area contributed by atoms with E-state index in [1.165, 1.54) is 12.1 Å². The summed E-state index contributed by atoms with van der Waals surface area (Å²) in [7, 11) is 0. The number of nitrogens with two attached hydrogens (primary N) is 1. The first kappa shape index (κ1) is 15.9. The van der Waals surface area contributed by atoms with E-state index in [0.717, 1.165) is 0 Å². The van der Waals surface area contributed by atoms with Crippen molar-refractivity contribution < 1.29 is 18.7 Å². The van der Waals surface area contributed by atoms with Crippen molar-refractivity contribution in [3.05, 3.63) is 30.1 Å². The third-order valence-electron chi connectivity index (χ3n) is 2.51. The maximum Gasteiger partial charge on any atom is 0.325 e. The van der Waals surface area contributed by atoms with Crippen LogP contribution in [0.25, 0.3) is 0 Å². The van der Waals surface area contributed by atoms with Gasteiger partial charge in [0.05, 0.1) is 6.10 Å². The Morgan fingerprint density at radius 2 is 1.90 bits per heavy atom. The van der Waals surface area contributed by atoms with Crippen LogP contribution in [0.15, 0.2) is 24.3 Å². The first-order valence-electron chi connectivity index (χ1n) is 6.36. The van der Waals surface area contributed by atoms with Gasteiger partial charge in [0.25, 0.3) is 0 Å². The van der Waals surface area contributed by atoms with E-state index in [0.29, 0.717) is 5.69 Å². The molecule has 20 heavy (non-hydrogen) atoms. The summed E-state index contributed by atoms with van der Waals surface area (Å²) >= 11 is 0. The molecular formula is C14H19FN2O3. The van der Waals surface area contributed by atoms with Gasteiger partial charge in [-0.05, 0) is 38.1 Å². The van der Waals surface area contributed by atoms with Crippen LogP contribution in [0.3, 0.4) is 0 Å². The number of amides is 1. The number of esters is 1. The van der Waals surface area contributed by atoms with E-state index < -0.39 is 11.9 Å². The minimum atomic E-state index is -0.464. The van der Waals surface area contributed by atoms with E-state index in [2.05, 4.69) is 0 Å². The second kappa shape index (κ2) is 7.47. The summed E-state index contributed by atoms with van der Waals surface area (Å²) in [6, 6.07) is 5.67. The summed E-state index contributed by atoms with van der Waals surface area (Å²) < 4.78 is 18.0. The Balaban J connectivity index is 2.76. The smallest absolute Gasteiger partial charge is 0.325 e. The number of nitrogens with zero attached hydrogens (tertiary/aromatic N) is 1. The summed E-state index contributed by atoms with van der Waals surface area (Å²) in [6.45, 7) is 3.76. The number of carbonyl (C=O) groups excluding carboxylic acids is 2. The molecule has 2 N–H and O–H groups in total. The van der Waals surface area contributed by atoms with Crippen LogP contribution >= 0.6 is 0 Å². The summed E-state index contributed by atoms with van der Waals surface area (Å²) in [4.78, 5) is 24.2. The molecule has 0 bridgehead atoms. The maximum atomic E-state index is 12.9. The highest BCUT2D eigenvalue weighted by molar-refractivity contribution is 5.77. The molecule has 1 amide bonds. The quantitative estimate of drug-likeness (QED) is 0.768. The van der Waals surface area contributed by atoms with Crippen molar-refractivity contribution in [1.29, 1.82) is 0 Å². The van der Waals surface area contributed by atoms with Gasteiger partial charge in [0, 0.05) is 18.7 Å². The normalized spacial score (nSPS) is 10.4. The van der Waals surface area contributed by atoms with E-state index >= 15 is 0 Å². The molecule has 0 radical (unpaired) electrons. The molecule has 0 aromatic heterocycles. The van der Waals surface area contributed by atoms with Crippen molar-refractivity contribution in [3.63, 3.8) is 0 Å². The highest BCUT2D eigenvalue weighted by Gasteiger charge is 2.14. The first-order valence-corrected chi connectivity index (χ1v) is 6.36. The van der Waals surface area contributed by atoms with E-state index in [1.54, 1.807) is 30.9 Å². The molecule has 0 spiro atoms. The Morgan fingerprint density at radius 3 is 2.40 bits per heavy atom. The highest BCUT2D eigenvalue weighted by atomic mass is 19.1. The molecule has 5 nitrogen and oxygen atoms in total. The molecule has 1 rings (SSSR count). The van der Waals surface area contributed by atoms with E-state index in [9.17, 15) is 14.0 Å². The minimum absolute atomic E-state index is 0.0168. The number of hydrogen-bond acceptors (Lipinski definition) is 4. The zero-order valence-electron chi connectivity index (χ0n) is 11.6. The molecule has 1 aromatic rings. The number of ether oxygens (including phenoxy) is 1. The fourth-order valence-electron chi connectivity index (χ4n) is 1.65. The number of benzene rings is 1. The van der Waals surface area contributed by atoms with Crippen LogP contribution in [0, 0.1) is 5.82 Å². The third kappa shape index (κ3) is 5.69. The third-order valence-corrected chi connectivity index (χ3v) is 2.51. The van der Waals surface area contributed by atoms with Gasteiger partial charge >= 0.3 is 5.97 Å². The molecule has 0 fully saturated rings. The molecule has 0 saturated carbocycles. The van der Waals surface area contributed by atoms with Crippen molar-refractivity contribution in [2.45, 2.75) is 26.4 Å². The number of rotatable bonds is 7. The molecule has 0 atom stereocenters. The SMILES string of the molecule is CC(C)OC(=O)CN(CCC(N)=O)c1ccc(F)cc1. The van der Waals surface area contributed by atoms with Gasteiger partial charge in [-0.3, -0.25) is 9.59 Å². The fraction of sp³-hybridized carbons (Fsp3) is 0.429. The Bertz CT molecular complexity index is 460. The van der Waals surface area contributed by atoms with Gasteiger partial charge in [0.1, 0.15) is 12.4 Å². The molecule has 0 unspecified atom stereocenters. The molecule has 0 aliphatic heterocycles. The Kier molecular flexibility index (Phi) is 5.96. The van der Waals surface area contributed by atoms with Crippen LogP contribution in [0.1, 0.15) is 20.3 Å². The molecule has 0 saturated heterocycles. The summed E-state index contributed by atoms with van der Waals surface area (Å²) in [5, 5.41) is 0. The lowest BCUT2D eigenvalue weighted by Gasteiger charge is -2.23. The van der Waals surface area contributed by atoms with Crippen molar-refractivity contribution in [2.75, 3.05) is 18.0 Å². The van der Waals surface area contributed by atoms with Gasteiger partial charge in [-0.15, -0.1) is 0 Å². The molecule has 110 valence electrons. The Labute approximate surface area is 117 Å². The second-order valence-corrected chi connectivity index (χ2v) is 4.65. The van der Waals surface area contributed by atoms with Gasteiger partial charge in [0.15, 0.2) is 0 Å². The molecule has 0 aliphatic carbocycles. The van der Waals surface area contributed by atoms with Crippen LogP contribution in [0.2, 0.25) is 0 Å². The number of anilines is 1. The monoisotopic (exact) mass is 282 g/mol. The predicted octanol–water partition coefficient (Wildman–Crippen LogP) is 1.46. The number of halogens is 1. The topological polar surface area (TPSA) is 72.6 Å². The van der Waals surface area contributed by atoms with Crippen LogP contribution < -0.4 is 10.6 Å². The van der Waals surface area contributed by atoms with Gasteiger partial charge < -0.3 is 15.4 Å². The van der Waals surface area contributed by atoms with E-state index in [4.69, 9.17) is 10.5 Å². The van der Waals surface area contributed by atoms with Crippen LogP contribution in [0.5, 0.6) is 0 Å². The number of primary amides is 1. The zero-order valence-corrected chi connectivity index (χ0v) is 11.6. The van der Waals surface area contributed by atoms with Crippen molar-refractivity contribution in [2.24, 2.45) is 5.73 Å². The minimum Gasteiger partial charge on any atom is -0.462 e. The van der Waals surface area contributed by atoms with Crippen molar-refractivity contribution in [3.8, 4) is 0 Å².